The Bertz CT molecular complexity index is 1840. The van der Waals surface area contributed by atoms with E-state index < -0.39 is 22.4 Å². The van der Waals surface area contributed by atoms with Gasteiger partial charge in [0.15, 0.2) is 0 Å². The van der Waals surface area contributed by atoms with E-state index in [1.807, 2.05) is 38.1 Å². The molecule has 0 saturated heterocycles. The Morgan fingerprint density at radius 3 is 1.00 bits per heavy atom. The fourth-order valence-electron chi connectivity index (χ4n) is 4.48. The number of nitrogens with zero attached hydrogens (tertiary/aromatic N) is 1. The van der Waals surface area contributed by atoms with E-state index in [9.17, 15) is 29.3 Å². The highest BCUT2D eigenvalue weighted by molar-refractivity contribution is 6.10. The first-order chi connectivity index (χ1) is 22.5. The lowest BCUT2D eigenvalue weighted by molar-refractivity contribution is -0.384. The van der Waals surface area contributed by atoms with Crippen molar-refractivity contribution in [2.45, 2.75) is 13.8 Å². The highest BCUT2D eigenvalue weighted by Crippen LogP contribution is 2.22. The van der Waals surface area contributed by atoms with Gasteiger partial charge in [-0.1, -0.05) is 35.4 Å². The molecule has 11 nitrogen and oxygen atoms in total. The molecule has 11 heteroatoms. The number of hydrogen-bond acceptors (Lipinski definition) is 6. The smallest absolute Gasteiger partial charge is 0.271 e. The van der Waals surface area contributed by atoms with Crippen molar-refractivity contribution in [2.24, 2.45) is 0 Å². The molecule has 0 aromatic heterocycles. The van der Waals surface area contributed by atoms with Gasteiger partial charge in [0.05, 0.1) is 4.92 Å². The molecule has 0 bridgehead atoms. The minimum Gasteiger partial charge on any atom is -0.322 e. The van der Waals surface area contributed by atoms with E-state index in [0.717, 1.165) is 23.3 Å². The van der Waals surface area contributed by atoms with Gasteiger partial charge in [0.25, 0.3) is 29.3 Å². The molecule has 234 valence electrons. The number of carbonyl (C=O) groups is 4. The molecule has 4 amide bonds. The molecule has 0 unspecified atom stereocenters. The lowest BCUT2D eigenvalue weighted by atomic mass is 10.1. The number of nitro benzene ring substituents is 1. The summed E-state index contributed by atoms with van der Waals surface area (Å²) < 4.78 is 0. The number of hydrogen-bond donors (Lipinski definition) is 4. The minimum absolute atomic E-state index is 0.102. The molecule has 47 heavy (non-hydrogen) atoms. The number of rotatable bonds is 9. The summed E-state index contributed by atoms with van der Waals surface area (Å²) in [6.07, 6.45) is 0. The maximum Gasteiger partial charge on any atom is 0.271 e. The topological polar surface area (TPSA) is 160 Å². The first-order valence-corrected chi connectivity index (χ1v) is 14.4. The lowest BCUT2D eigenvalue weighted by Crippen LogP contribution is -2.16. The Kier molecular flexibility index (Phi) is 9.47. The van der Waals surface area contributed by atoms with Crippen LogP contribution in [0.5, 0.6) is 0 Å². The van der Waals surface area contributed by atoms with Crippen molar-refractivity contribution in [3.63, 3.8) is 0 Å². The number of non-ortho nitro benzene ring substituents is 1. The molecule has 0 atom stereocenters. The second kappa shape index (κ2) is 14.0. The summed E-state index contributed by atoms with van der Waals surface area (Å²) in [5.41, 5.74) is 4.17. The van der Waals surface area contributed by atoms with E-state index in [1.54, 1.807) is 72.8 Å². The van der Waals surface area contributed by atoms with Crippen LogP contribution in [0.4, 0.5) is 28.4 Å². The van der Waals surface area contributed by atoms with Crippen LogP contribution in [0, 0.1) is 24.0 Å². The molecule has 0 spiro atoms. The molecule has 5 aromatic rings. The van der Waals surface area contributed by atoms with Crippen LogP contribution in [0.3, 0.4) is 0 Å². The summed E-state index contributed by atoms with van der Waals surface area (Å²) in [6, 6.07) is 30.3. The van der Waals surface area contributed by atoms with Crippen molar-refractivity contribution in [1.29, 1.82) is 0 Å². The molecular weight excluding hydrogens is 598 g/mol. The van der Waals surface area contributed by atoms with E-state index >= 15 is 0 Å². The molecule has 5 aromatic carbocycles. The first-order valence-electron chi connectivity index (χ1n) is 14.4. The van der Waals surface area contributed by atoms with Gasteiger partial charge in [-0.25, -0.2) is 0 Å². The van der Waals surface area contributed by atoms with E-state index in [0.29, 0.717) is 33.9 Å². The Morgan fingerprint density at radius 1 is 0.447 bits per heavy atom. The maximum atomic E-state index is 13.1. The predicted octanol–water partition coefficient (Wildman–Crippen LogP) is 7.22. The quantitative estimate of drug-likeness (QED) is 0.0997. The van der Waals surface area contributed by atoms with Gasteiger partial charge in [-0.05, 0) is 92.7 Å². The number of nitro groups is 1. The normalized spacial score (nSPS) is 10.4. The summed E-state index contributed by atoms with van der Waals surface area (Å²) in [5.74, 6) is -1.92. The highest BCUT2D eigenvalue weighted by atomic mass is 16.6. The van der Waals surface area contributed by atoms with Gasteiger partial charge < -0.3 is 21.3 Å². The predicted molar refractivity (Wildman–Crippen MR) is 180 cm³/mol. The van der Waals surface area contributed by atoms with Crippen LogP contribution in [0.15, 0.2) is 115 Å². The average Bonchev–Trinajstić information content (AvgIpc) is 3.06. The fraction of sp³-hybridized carbons (Fsp3) is 0.0556. The van der Waals surface area contributed by atoms with Crippen molar-refractivity contribution in [3.8, 4) is 0 Å². The van der Waals surface area contributed by atoms with Crippen molar-refractivity contribution < 1.29 is 24.1 Å². The average molecular weight is 628 g/mol. The monoisotopic (exact) mass is 627 g/mol. The molecule has 0 aliphatic rings. The van der Waals surface area contributed by atoms with E-state index in [1.165, 1.54) is 6.07 Å². The molecule has 0 fully saturated rings. The summed E-state index contributed by atoms with van der Waals surface area (Å²) >= 11 is 0. The van der Waals surface area contributed by atoms with Gasteiger partial charge in [-0.2, -0.15) is 0 Å². The van der Waals surface area contributed by atoms with E-state index in [4.69, 9.17) is 0 Å². The Labute approximate surface area is 269 Å². The van der Waals surface area contributed by atoms with Gasteiger partial charge in [-0.3, -0.25) is 29.3 Å². The second-order valence-electron chi connectivity index (χ2n) is 10.7. The molecule has 0 radical (unpaired) electrons. The van der Waals surface area contributed by atoms with Crippen LogP contribution < -0.4 is 21.3 Å². The molecule has 4 N–H and O–H groups in total. The zero-order valence-electron chi connectivity index (χ0n) is 25.4. The number of anilines is 4. The van der Waals surface area contributed by atoms with Crippen LogP contribution in [-0.4, -0.2) is 28.6 Å². The number of nitrogens with one attached hydrogen (secondary N) is 4. The number of benzene rings is 5. The van der Waals surface area contributed by atoms with Gasteiger partial charge in [0.1, 0.15) is 0 Å². The highest BCUT2D eigenvalue weighted by Gasteiger charge is 2.19. The minimum atomic E-state index is -0.690. The zero-order valence-corrected chi connectivity index (χ0v) is 25.4. The Morgan fingerprint density at radius 2 is 0.723 bits per heavy atom. The van der Waals surface area contributed by atoms with Crippen molar-refractivity contribution in [2.75, 3.05) is 21.3 Å². The summed E-state index contributed by atoms with van der Waals surface area (Å²) in [6.45, 7) is 3.85. The molecule has 0 aliphatic heterocycles. The van der Waals surface area contributed by atoms with Crippen molar-refractivity contribution >= 4 is 52.1 Å². The Hall–Kier alpha value is -6.62. The molecule has 0 saturated carbocycles. The maximum absolute atomic E-state index is 13.1. The largest absolute Gasteiger partial charge is 0.322 e. The third-order valence-corrected chi connectivity index (χ3v) is 7.08. The van der Waals surface area contributed by atoms with Crippen molar-refractivity contribution in [1.82, 2.24) is 0 Å². The van der Waals surface area contributed by atoms with Crippen LogP contribution >= 0.6 is 0 Å². The van der Waals surface area contributed by atoms with Gasteiger partial charge >= 0.3 is 0 Å². The summed E-state index contributed by atoms with van der Waals surface area (Å²) in [4.78, 5) is 62.1. The Balaban J connectivity index is 1.23. The van der Waals surface area contributed by atoms with Crippen LogP contribution in [0.2, 0.25) is 0 Å². The fourth-order valence-corrected chi connectivity index (χ4v) is 4.48. The number of amides is 4. The van der Waals surface area contributed by atoms with Crippen LogP contribution in [0.1, 0.15) is 52.6 Å². The van der Waals surface area contributed by atoms with Gasteiger partial charge in [-0.15, -0.1) is 0 Å². The number of aryl methyl sites for hydroxylation is 2. The van der Waals surface area contributed by atoms with Crippen LogP contribution in [0.25, 0.3) is 0 Å². The lowest BCUT2D eigenvalue weighted by Gasteiger charge is -2.10. The van der Waals surface area contributed by atoms with Gasteiger partial charge in [0.2, 0.25) is 0 Å². The second-order valence-corrected chi connectivity index (χ2v) is 10.7. The standard InChI is InChI=1S/C36H29N5O6/c1-22-3-7-24(8-4-22)33(42)37-28-11-15-30(16-12-28)39-35(44)26-19-27(21-32(20-26)41(46)47)36(45)40-31-17-13-29(14-18-31)38-34(43)25-9-5-23(2)6-10-25/h3-21H,1-2H3,(H,37,42)(H,38,43)(H,39,44)(H,40,45). The third kappa shape index (κ3) is 8.31. The molecule has 5 rings (SSSR count). The summed E-state index contributed by atoms with van der Waals surface area (Å²) in [7, 11) is 0. The number of carbonyl (C=O) groups excluding carboxylic acids is 4. The van der Waals surface area contributed by atoms with E-state index in [2.05, 4.69) is 21.3 Å². The first kappa shape index (κ1) is 31.8. The SMILES string of the molecule is Cc1ccc(C(=O)Nc2ccc(NC(=O)c3cc(C(=O)Nc4ccc(NC(=O)c5ccc(C)cc5)cc4)cc([N+](=O)[O-])c3)cc2)cc1. The van der Waals surface area contributed by atoms with Crippen molar-refractivity contribution in [3.05, 3.63) is 159 Å². The summed E-state index contributed by atoms with van der Waals surface area (Å²) in [5, 5.41) is 22.5. The molecule has 0 heterocycles. The zero-order chi connectivity index (χ0) is 33.5. The van der Waals surface area contributed by atoms with Crippen LogP contribution in [-0.2, 0) is 0 Å². The van der Waals surface area contributed by atoms with E-state index in [-0.39, 0.29) is 22.9 Å². The van der Waals surface area contributed by atoms with Gasteiger partial charge in [0, 0.05) is 57.1 Å². The third-order valence-electron chi connectivity index (χ3n) is 7.08. The molecule has 0 aliphatic carbocycles. The molecular formula is C36H29N5O6.